The lowest BCUT2D eigenvalue weighted by atomic mass is 10.4. The van der Waals surface area contributed by atoms with Gasteiger partial charge in [-0.1, -0.05) is 11.6 Å². The summed E-state index contributed by atoms with van der Waals surface area (Å²) in [5.41, 5.74) is 0.257. The Labute approximate surface area is 111 Å². The fourth-order valence-electron chi connectivity index (χ4n) is 1.48. The van der Waals surface area contributed by atoms with Crippen LogP contribution in [-0.2, 0) is 4.74 Å². The van der Waals surface area contributed by atoms with Gasteiger partial charge in [0.2, 0.25) is 0 Å². The number of amides is 1. The molecule has 1 fully saturated rings. The van der Waals surface area contributed by atoms with Crippen LogP contribution in [0.1, 0.15) is 23.3 Å². The molecule has 5 nitrogen and oxygen atoms in total. The lowest BCUT2D eigenvalue weighted by Crippen LogP contribution is -2.31. The van der Waals surface area contributed by atoms with Gasteiger partial charge in [0.05, 0.1) is 19.0 Å². The molecule has 1 heterocycles. The molecule has 6 heteroatoms. The van der Waals surface area contributed by atoms with Gasteiger partial charge >= 0.3 is 0 Å². The topological polar surface area (TPSA) is 55.3 Å². The first-order valence-electron chi connectivity index (χ1n) is 5.97. The predicted octanol–water partition coefficient (Wildman–Crippen LogP) is 1.63. The molecule has 0 aromatic carbocycles. The molecule has 0 spiro atoms. The maximum absolute atomic E-state index is 11.9. The van der Waals surface area contributed by atoms with Gasteiger partial charge in [-0.05, 0) is 18.8 Å². The number of ether oxygens (including phenoxy) is 1. The molecular weight excluding hydrogens is 254 g/mol. The minimum absolute atomic E-state index is 0.194. The van der Waals surface area contributed by atoms with E-state index in [0.717, 1.165) is 12.5 Å². The number of aromatic nitrogens is 2. The summed E-state index contributed by atoms with van der Waals surface area (Å²) in [5.74, 6) is 0.546. The number of hydrogen-bond donors (Lipinski definition) is 0. The molecule has 0 aliphatic heterocycles. The highest BCUT2D eigenvalue weighted by Crippen LogP contribution is 2.28. The number of likely N-dealkylation sites (N-methyl/N-ethyl adjacent to an activating group) is 1. The monoisotopic (exact) mass is 269 g/mol. The Bertz CT molecular complexity index is 424. The quantitative estimate of drug-likeness (QED) is 0.737. The largest absolute Gasteiger partial charge is 0.379 e. The first-order chi connectivity index (χ1) is 8.66. The molecule has 0 N–H and O–H groups in total. The standard InChI is InChI=1S/C12H16ClN3O2/c1-16(4-5-18-8-9-2-3-9)12(17)10-6-14-7-11(13)15-10/h6-7,9H,2-5,8H2,1H3. The highest BCUT2D eigenvalue weighted by atomic mass is 35.5. The van der Waals surface area contributed by atoms with Gasteiger partial charge in [0, 0.05) is 20.2 Å². The number of carbonyl (C=O) groups excluding carboxylic acids is 1. The number of carbonyl (C=O) groups is 1. The van der Waals surface area contributed by atoms with E-state index < -0.39 is 0 Å². The van der Waals surface area contributed by atoms with Gasteiger partial charge in [0.15, 0.2) is 0 Å². The number of halogens is 1. The van der Waals surface area contributed by atoms with Crippen LogP contribution in [0.3, 0.4) is 0 Å². The Morgan fingerprint density at radius 1 is 1.56 bits per heavy atom. The van der Waals surface area contributed by atoms with Crippen molar-refractivity contribution in [2.24, 2.45) is 5.92 Å². The molecular formula is C12H16ClN3O2. The lowest BCUT2D eigenvalue weighted by Gasteiger charge is -2.16. The third-order valence-corrected chi connectivity index (χ3v) is 2.97. The molecule has 0 atom stereocenters. The first kappa shape index (κ1) is 13.2. The van der Waals surface area contributed by atoms with Crippen molar-refractivity contribution in [2.75, 3.05) is 26.8 Å². The van der Waals surface area contributed by atoms with E-state index in [0.29, 0.717) is 13.2 Å². The predicted molar refractivity (Wildman–Crippen MR) is 67.5 cm³/mol. The molecule has 0 saturated heterocycles. The van der Waals surface area contributed by atoms with Crippen LogP contribution in [0.15, 0.2) is 12.4 Å². The fourth-order valence-corrected chi connectivity index (χ4v) is 1.63. The average molecular weight is 270 g/mol. The molecule has 0 bridgehead atoms. The van der Waals surface area contributed by atoms with Gasteiger partial charge in [0.25, 0.3) is 5.91 Å². The van der Waals surface area contributed by atoms with Crippen LogP contribution in [0.5, 0.6) is 0 Å². The fraction of sp³-hybridized carbons (Fsp3) is 0.583. The normalized spacial score (nSPS) is 14.6. The van der Waals surface area contributed by atoms with E-state index in [-0.39, 0.29) is 16.8 Å². The molecule has 18 heavy (non-hydrogen) atoms. The highest BCUT2D eigenvalue weighted by molar-refractivity contribution is 6.29. The zero-order valence-electron chi connectivity index (χ0n) is 10.3. The van der Waals surface area contributed by atoms with E-state index in [1.165, 1.54) is 25.2 Å². The average Bonchev–Trinajstić information content (AvgIpc) is 3.17. The van der Waals surface area contributed by atoms with Crippen LogP contribution in [0.2, 0.25) is 5.15 Å². The molecule has 1 aromatic heterocycles. The van der Waals surface area contributed by atoms with Crippen molar-refractivity contribution in [3.8, 4) is 0 Å². The van der Waals surface area contributed by atoms with Gasteiger partial charge in [-0.15, -0.1) is 0 Å². The number of rotatable bonds is 6. The van der Waals surface area contributed by atoms with E-state index in [4.69, 9.17) is 16.3 Å². The minimum Gasteiger partial charge on any atom is -0.379 e. The minimum atomic E-state index is -0.194. The van der Waals surface area contributed by atoms with Gasteiger partial charge in [-0.2, -0.15) is 0 Å². The molecule has 1 aromatic rings. The van der Waals surface area contributed by atoms with E-state index in [2.05, 4.69) is 9.97 Å². The zero-order chi connectivity index (χ0) is 13.0. The molecule has 0 radical (unpaired) electrons. The van der Waals surface area contributed by atoms with Crippen molar-refractivity contribution >= 4 is 17.5 Å². The van der Waals surface area contributed by atoms with Crippen molar-refractivity contribution in [3.05, 3.63) is 23.2 Å². The molecule has 1 aliphatic carbocycles. The van der Waals surface area contributed by atoms with Crippen LogP contribution in [0.4, 0.5) is 0 Å². The Kier molecular flexibility index (Phi) is 4.49. The smallest absolute Gasteiger partial charge is 0.273 e. The summed E-state index contributed by atoms with van der Waals surface area (Å²) in [6.07, 6.45) is 5.35. The Morgan fingerprint density at radius 2 is 2.33 bits per heavy atom. The SMILES string of the molecule is CN(CCOCC1CC1)C(=O)c1cncc(Cl)n1. The second-order valence-electron chi connectivity index (χ2n) is 4.47. The van der Waals surface area contributed by atoms with Crippen LogP contribution in [0, 0.1) is 5.92 Å². The van der Waals surface area contributed by atoms with Crippen LogP contribution in [0.25, 0.3) is 0 Å². The van der Waals surface area contributed by atoms with Gasteiger partial charge < -0.3 is 9.64 Å². The van der Waals surface area contributed by atoms with E-state index >= 15 is 0 Å². The van der Waals surface area contributed by atoms with Gasteiger partial charge in [-0.3, -0.25) is 9.78 Å². The second-order valence-corrected chi connectivity index (χ2v) is 4.86. The third kappa shape index (κ3) is 3.92. The summed E-state index contributed by atoms with van der Waals surface area (Å²) in [4.78, 5) is 21.3. The van der Waals surface area contributed by atoms with Crippen molar-refractivity contribution < 1.29 is 9.53 Å². The molecule has 98 valence electrons. The summed E-state index contributed by atoms with van der Waals surface area (Å²) >= 11 is 5.69. The van der Waals surface area contributed by atoms with Crippen LogP contribution in [-0.4, -0.2) is 47.6 Å². The molecule has 1 aliphatic rings. The van der Waals surface area contributed by atoms with Crippen molar-refractivity contribution in [3.63, 3.8) is 0 Å². The molecule has 0 unspecified atom stereocenters. The van der Waals surface area contributed by atoms with Crippen LogP contribution < -0.4 is 0 Å². The van der Waals surface area contributed by atoms with Crippen molar-refractivity contribution in [1.82, 2.24) is 14.9 Å². The molecule has 1 saturated carbocycles. The van der Waals surface area contributed by atoms with Crippen molar-refractivity contribution in [2.45, 2.75) is 12.8 Å². The van der Waals surface area contributed by atoms with E-state index in [9.17, 15) is 4.79 Å². The molecule has 2 rings (SSSR count). The summed E-state index contributed by atoms with van der Waals surface area (Å²) in [7, 11) is 1.71. The zero-order valence-corrected chi connectivity index (χ0v) is 11.1. The second kappa shape index (κ2) is 6.11. The number of nitrogens with zero attached hydrogens (tertiary/aromatic N) is 3. The maximum Gasteiger partial charge on any atom is 0.273 e. The van der Waals surface area contributed by atoms with E-state index in [1.54, 1.807) is 11.9 Å². The Morgan fingerprint density at radius 3 is 3.00 bits per heavy atom. The van der Waals surface area contributed by atoms with E-state index in [1.807, 2.05) is 0 Å². The summed E-state index contributed by atoms with van der Waals surface area (Å²) < 4.78 is 5.48. The highest BCUT2D eigenvalue weighted by Gasteiger charge is 2.21. The van der Waals surface area contributed by atoms with Crippen LogP contribution >= 0.6 is 11.6 Å². The first-order valence-corrected chi connectivity index (χ1v) is 6.35. The summed E-state index contributed by atoms with van der Waals surface area (Å²) in [5, 5.41) is 0.222. The lowest BCUT2D eigenvalue weighted by molar-refractivity contribution is 0.0675. The maximum atomic E-state index is 11.9. The van der Waals surface area contributed by atoms with Gasteiger partial charge in [0.1, 0.15) is 10.8 Å². The van der Waals surface area contributed by atoms with Crippen molar-refractivity contribution in [1.29, 1.82) is 0 Å². The Hall–Kier alpha value is -1.20. The molecule has 1 amide bonds. The van der Waals surface area contributed by atoms with Gasteiger partial charge in [-0.25, -0.2) is 4.98 Å². The number of hydrogen-bond acceptors (Lipinski definition) is 4. The Balaban J connectivity index is 1.76. The summed E-state index contributed by atoms with van der Waals surface area (Å²) in [6, 6.07) is 0. The third-order valence-electron chi connectivity index (χ3n) is 2.79. The summed E-state index contributed by atoms with van der Waals surface area (Å²) in [6.45, 7) is 1.89.